The molecule has 0 radical (unpaired) electrons. The summed E-state index contributed by atoms with van der Waals surface area (Å²) in [6, 6.07) is 12.0. The van der Waals surface area contributed by atoms with Gasteiger partial charge in [-0.2, -0.15) is 4.98 Å². The van der Waals surface area contributed by atoms with E-state index in [0.717, 1.165) is 11.1 Å². The molecule has 0 aliphatic carbocycles. The quantitative estimate of drug-likeness (QED) is 0.653. The third-order valence-electron chi connectivity index (χ3n) is 4.83. The second kappa shape index (κ2) is 7.12. The van der Waals surface area contributed by atoms with Gasteiger partial charge in [0.1, 0.15) is 11.9 Å². The monoisotopic (exact) mass is 385 g/mol. The minimum atomic E-state index is -0.505. The summed E-state index contributed by atoms with van der Waals surface area (Å²) in [5.74, 6) is 0.259. The van der Waals surface area contributed by atoms with Crippen LogP contribution in [-0.2, 0) is 11.3 Å². The van der Waals surface area contributed by atoms with E-state index in [0.29, 0.717) is 36.7 Å². The Balaban J connectivity index is 1.60. The van der Waals surface area contributed by atoms with Crippen molar-refractivity contribution >= 4 is 17.5 Å². The minimum Gasteiger partial charge on any atom is -0.337 e. The summed E-state index contributed by atoms with van der Waals surface area (Å²) in [7, 11) is 0. The number of halogens is 2. The summed E-state index contributed by atoms with van der Waals surface area (Å²) in [5, 5.41) is 3.98. The normalized spacial score (nSPS) is 16.9. The zero-order valence-corrected chi connectivity index (χ0v) is 15.4. The lowest BCUT2D eigenvalue weighted by atomic mass is 10.1. The average molecular weight is 386 g/mol. The topological polar surface area (TPSA) is 59.2 Å². The Labute approximate surface area is 160 Å². The fourth-order valence-electron chi connectivity index (χ4n) is 3.28. The predicted molar refractivity (Wildman–Crippen MR) is 98.4 cm³/mol. The Hall–Kier alpha value is -2.73. The number of amides is 1. The van der Waals surface area contributed by atoms with Crippen LogP contribution in [0.5, 0.6) is 0 Å². The molecular weight excluding hydrogens is 369 g/mol. The number of hydrogen-bond acceptors (Lipinski definition) is 4. The van der Waals surface area contributed by atoms with Crippen molar-refractivity contribution in [1.82, 2.24) is 15.0 Å². The van der Waals surface area contributed by atoms with Crippen molar-refractivity contribution in [2.75, 3.05) is 0 Å². The molecule has 27 heavy (non-hydrogen) atoms. The summed E-state index contributed by atoms with van der Waals surface area (Å²) in [4.78, 5) is 18.6. The molecule has 0 N–H and O–H groups in total. The van der Waals surface area contributed by atoms with Gasteiger partial charge in [-0.05, 0) is 42.7 Å². The van der Waals surface area contributed by atoms with Crippen molar-refractivity contribution in [2.45, 2.75) is 32.4 Å². The number of rotatable bonds is 4. The largest absolute Gasteiger partial charge is 0.337 e. The van der Waals surface area contributed by atoms with Crippen molar-refractivity contribution in [3.63, 3.8) is 0 Å². The van der Waals surface area contributed by atoms with E-state index >= 15 is 0 Å². The van der Waals surface area contributed by atoms with Crippen molar-refractivity contribution in [3.8, 4) is 11.4 Å². The number of aryl methyl sites for hydroxylation is 1. The van der Waals surface area contributed by atoms with Crippen LogP contribution in [0.1, 0.15) is 35.9 Å². The average Bonchev–Trinajstić information content (AvgIpc) is 3.27. The molecule has 0 bridgehead atoms. The first kappa shape index (κ1) is 17.7. The third kappa shape index (κ3) is 3.45. The van der Waals surface area contributed by atoms with Crippen LogP contribution in [0.4, 0.5) is 4.39 Å². The van der Waals surface area contributed by atoms with Crippen LogP contribution in [0.15, 0.2) is 47.0 Å². The van der Waals surface area contributed by atoms with E-state index in [1.54, 1.807) is 11.0 Å². The summed E-state index contributed by atoms with van der Waals surface area (Å²) in [5.41, 5.74) is 2.78. The standard InChI is InChI=1S/C20H17ClFN3O2/c1-12-4-2-3-5-14(12)11-25-17(8-9-18(25)26)20-23-19(24-27-20)13-6-7-16(22)15(21)10-13/h2-7,10,17H,8-9,11H2,1H3. The SMILES string of the molecule is Cc1ccccc1CN1C(=O)CCC1c1nc(-c2ccc(F)c(Cl)c2)no1. The van der Waals surface area contributed by atoms with Gasteiger partial charge in [0.15, 0.2) is 0 Å². The first-order chi connectivity index (χ1) is 13.0. The highest BCUT2D eigenvalue weighted by atomic mass is 35.5. The minimum absolute atomic E-state index is 0.00364. The van der Waals surface area contributed by atoms with Gasteiger partial charge in [0.2, 0.25) is 17.6 Å². The molecule has 0 spiro atoms. The van der Waals surface area contributed by atoms with E-state index < -0.39 is 5.82 Å². The van der Waals surface area contributed by atoms with Crippen molar-refractivity contribution in [2.24, 2.45) is 0 Å². The van der Waals surface area contributed by atoms with Gasteiger partial charge in [-0.25, -0.2) is 4.39 Å². The highest BCUT2D eigenvalue weighted by Crippen LogP contribution is 2.34. The maximum Gasteiger partial charge on any atom is 0.249 e. The molecule has 1 aliphatic rings. The van der Waals surface area contributed by atoms with Crippen LogP contribution < -0.4 is 0 Å². The van der Waals surface area contributed by atoms with Crippen LogP contribution in [0.2, 0.25) is 5.02 Å². The molecule has 2 heterocycles. The number of benzene rings is 2. The lowest BCUT2D eigenvalue weighted by molar-refractivity contribution is -0.130. The van der Waals surface area contributed by atoms with E-state index in [1.807, 2.05) is 31.2 Å². The van der Waals surface area contributed by atoms with Gasteiger partial charge in [0.05, 0.1) is 5.02 Å². The van der Waals surface area contributed by atoms with E-state index in [4.69, 9.17) is 16.1 Å². The van der Waals surface area contributed by atoms with Gasteiger partial charge < -0.3 is 9.42 Å². The summed E-state index contributed by atoms with van der Waals surface area (Å²) < 4.78 is 18.8. The van der Waals surface area contributed by atoms with E-state index in [2.05, 4.69) is 10.1 Å². The van der Waals surface area contributed by atoms with Crippen LogP contribution >= 0.6 is 11.6 Å². The lowest BCUT2D eigenvalue weighted by Gasteiger charge is -2.23. The molecule has 1 amide bonds. The number of nitrogens with zero attached hydrogens (tertiary/aromatic N) is 3. The van der Waals surface area contributed by atoms with E-state index in [-0.39, 0.29) is 17.0 Å². The maximum atomic E-state index is 13.4. The second-order valence-corrected chi connectivity index (χ2v) is 6.99. The Bertz CT molecular complexity index is 1000. The summed E-state index contributed by atoms with van der Waals surface area (Å²) >= 11 is 5.83. The smallest absolute Gasteiger partial charge is 0.249 e. The number of aromatic nitrogens is 2. The Kier molecular flexibility index (Phi) is 4.66. The van der Waals surface area contributed by atoms with Crippen LogP contribution in [0, 0.1) is 12.7 Å². The Morgan fingerprint density at radius 3 is 2.89 bits per heavy atom. The highest BCUT2D eigenvalue weighted by Gasteiger charge is 2.36. The molecule has 0 saturated carbocycles. The molecule has 7 heteroatoms. The third-order valence-corrected chi connectivity index (χ3v) is 5.12. The Morgan fingerprint density at radius 2 is 2.11 bits per heavy atom. The molecule has 3 aromatic rings. The molecule has 1 unspecified atom stereocenters. The summed E-state index contributed by atoms with van der Waals surface area (Å²) in [6.45, 7) is 2.52. The van der Waals surface area contributed by atoms with Crippen molar-refractivity contribution < 1.29 is 13.7 Å². The highest BCUT2D eigenvalue weighted by molar-refractivity contribution is 6.31. The lowest BCUT2D eigenvalue weighted by Crippen LogP contribution is -2.27. The predicted octanol–water partition coefficient (Wildman–Crippen LogP) is 4.70. The van der Waals surface area contributed by atoms with Crippen molar-refractivity contribution in [3.05, 3.63) is 70.3 Å². The molecule has 4 rings (SSSR count). The fraction of sp³-hybridized carbons (Fsp3) is 0.250. The molecule has 1 atom stereocenters. The fourth-order valence-corrected chi connectivity index (χ4v) is 3.46. The first-order valence-electron chi connectivity index (χ1n) is 8.66. The first-order valence-corrected chi connectivity index (χ1v) is 9.04. The van der Waals surface area contributed by atoms with Gasteiger partial charge in [0.25, 0.3) is 0 Å². The van der Waals surface area contributed by atoms with Gasteiger partial charge in [-0.1, -0.05) is 41.0 Å². The molecule has 138 valence electrons. The number of carbonyl (C=O) groups is 1. The van der Waals surface area contributed by atoms with Crippen LogP contribution in [-0.4, -0.2) is 20.9 Å². The van der Waals surface area contributed by atoms with Gasteiger partial charge in [-0.3, -0.25) is 4.79 Å². The van der Waals surface area contributed by atoms with E-state index in [9.17, 15) is 9.18 Å². The maximum absolute atomic E-state index is 13.4. The Morgan fingerprint density at radius 1 is 1.30 bits per heavy atom. The number of hydrogen-bond donors (Lipinski definition) is 0. The zero-order chi connectivity index (χ0) is 19.0. The molecule has 1 aromatic heterocycles. The van der Waals surface area contributed by atoms with Crippen LogP contribution in [0.25, 0.3) is 11.4 Å². The molecule has 1 saturated heterocycles. The van der Waals surface area contributed by atoms with Gasteiger partial charge in [-0.15, -0.1) is 0 Å². The number of likely N-dealkylation sites (tertiary alicyclic amines) is 1. The molecule has 2 aromatic carbocycles. The van der Waals surface area contributed by atoms with Crippen molar-refractivity contribution in [1.29, 1.82) is 0 Å². The van der Waals surface area contributed by atoms with Crippen LogP contribution in [0.3, 0.4) is 0 Å². The molecule has 1 fully saturated rings. The molecule has 5 nitrogen and oxygen atoms in total. The number of carbonyl (C=O) groups excluding carboxylic acids is 1. The molecule has 1 aliphatic heterocycles. The summed E-state index contributed by atoms with van der Waals surface area (Å²) in [6.07, 6.45) is 1.06. The second-order valence-electron chi connectivity index (χ2n) is 6.59. The van der Waals surface area contributed by atoms with E-state index in [1.165, 1.54) is 12.1 Å². The van der Waals surface area contributed by atoms with Gasteiger partial charge >= 0.3 is 0 Å². The zero-order valence-electron chi connectivity index (χ0n) is 14.7. The molecular formula is C20H17ClFN3O2. The van der Waals surface area contributed by atoms with Gasteiger partial charge in [0, 0.05) is 18.5 Å².